The standard InChI is InChI=1S/C11H25N3O2S/c1-14(2)10-4-3-7-13-17(15,16)11-5-8-12-9-6-11/h11-13H,3-10H2,1-2H3. The number of nitrogens with one attached hydrogen (secondary N) is 2. The fourth-order valence-electron chi connectivity index (χ4n) is 1.99. The first-order valence-corrected chi connectivity index (χ1v) is 7.91. The Balaban J connectivity index is 2.20. The molecule has 0 unspecified atom stereocenters. The molecule has 2 N–H and O–H groups in total. The molecule has 1 fully saturated rings. The summed E-state index contributed by atoms with van der Waals surface area (Å²) in [4.78, 5) is 2.11. The third-order valence-electron chi connectivity index (χ3n) is 3.06. The summed E-state index contributed by atoms with van der Waals surface area (Å²) in [7, 11) is 0.966. The number of nitrogens with zero attached hydrogens (tertiary/aromatic N) is 1. The van der Waals surface area contributed by atoms with Crippen LogP contribution in [-0.4, -0.2) is 58.8 Å². The van der Waals surface area contributed by atoms with Crippen molar-refractivity contribution in [1.82, 2.24) is 14.9 Å². The Hall–Kier alpha value is -0.170. The molecule has 0 aromatic carbocycles. The number of unbranched alkanes of at least 4 members (excludes halogenated alkanes) is 1. The van der Waals surface area contributed by atoms with Gasteiger partial charge in [-0.2, -0.15) is 0 Å². The van der Waals surface area contributed by atoms with Gasteiger partial charge in [-0.1, -0.05) is 0 Å². The highest BCUT2D eigenvalue weighted by atomic mass is 32.2. The lowest BCUT2D eigenvalue weighted by atomic mass is 10.2. The van der Waals surface area contributed by atoms with Crippen LogP contribution in [0.2, 0.25) is 0 Å². The van der Waals surface area contributed by atoms with Crippen molar-refractivity contribution in [3.63, 3.8) is 0 Å². The molecule has 1 rings (SSSR count). The van der Waals surface area contributed by atoms with Gasteiger partial charge in [-0.25, -0.2) is 13.1 Å². The van der Waals surface area contributed by atoms with Crippen LogP contribution in [0.3, 0.4) is 0 Å². The lowest BCUT2D eigenvalue weighted by Gasteiger charge is -2.22. The lowest BCUT2D eigenvalue weighted by Crippen LogP contribution is -2.41. The van der Waals surface area contributed by atoms with Crippen molar-refractivity contribution in [2.45, 2.75) is 30.9 Å². The summed E-state index contributed by atoms with van der Waals surface area (Å²) in [6.07, 6.45) is 3.39. The first-order chi connectivity index (χ1) is 8.02. The van der Waals surface area contributed by atoms with Crippen LogP contribution < -0.4 is 10.0 Å². The molecule has 102 valence electrons. The van der Waals surface area contributed by atoms with Crippen molar-refractivity contribution >= 4 is 10.0 Å². The molecule has 0 radical (unpaired) electrons. The molecule has 0 bridgehead atoms. The predicted molar refractivity (Wildman–Crippen MR) is 70.6 cm³/mol. The van der Waals surface area contributed by atoms with Gasteiger partial charge in [0.2, 0.25) is 10.0 Å². The molecule has 6 heteroatoms. The van der Waals surface area contributed by atoms with Crippen molar-refractivity contribution in [2.75, 3.05) is 40.3 Å². The SMILES string of the molecule is CN(C)CCCCNS(=O)(=O)C1CCNCC1. The molecule has 1 heterocycles. The number of sulfonamides is 1. The minimum Gasteiger partial charge on any atom is -0.317 e. The number of rotatable bonds is 7. The molecule has 0 aliphatic carbocycles. The van der Waals surface area contributed by atoms with E-state index in [1.807, 2.05) is 14.1 Å². The monoisotopic (exact) mass is 263 g/mol. The van der Waals surface area contributed by atoms with Crippen LogP contribution in [-0.2, 0) is 10.0 Å². The number of hydrogen-bond acceptors (Lipinski definition) is 4. The van der Waals surface area contributed by atoms with Gasteiger partial charge in [0.1, 0.15) is 0 Å². The molecule has 0 aromatic heterocycles. The first-order valence-electron chi connectivity index (χ1n) is 6.36. The summed E-state index contributed by atoms with van der Waals surface area (Å²) in [5.41, 5.74) is 0. The van der Waals surface area contributed by atoms with E-state index >= 15 is 0 Å². The van der Waals surface area contributed by atoms with Crippen molar-refractivity contribution in [3.8, 4) is 0 Å². The third kappa shape index (κ3) is 5.81. The summed E-state index contributed by atoms with van der Waals surface area (Å²) < 4.78 is 26.6. The smallest absolute Gasteiger partial charge is 0.214 e. The predicted octanol–water partition coefficient (Wildman–Crippen LogP) is -0.000400. The fourth-order valence-corrected chi connectivity index (χ4v) is 3.51. The summed E-state index contributed by atoms with van der Waals surface area (Å²) >= 11 is 0. The van der Waals surface area contributed by atoms with Gasteiger partial charge in [-0.05, 0) is 59.4 Å². The van der Waals surface area contributed by atoms with E-state index in [1.165, 1.54) is 0 Å². The second-order valence-electron chi connectivity index (χ2n) is 4.90. The fraction of sp³-hybridized carbons (Fsp3) is 1.00. The van der Waals surface area contributed by atoms with Gasteiger partial charge in [-0.15, -0.1) is 0 Å². The van der Waals surface area contributed by atoms with Crippen LogP contribution in [0.4, 0.5) is 0 Å². The van der Waals surface area contributed by atoms with Crippen LogP contribution >= 0.6 is 0 Å². The number of piperidine rings is 1. The summed E-state index contributed by atoms with van der Waals surface area (Å²) in [6, 6.07) is 0. The van der Waals surface area contributed by atoms with E-state index in [2.05, 4.69) is 14.9 Å². The maximum absolute atomic E-state index is 11.9. The second-order valence-corrected chi connectivity index (χ2v) is 6.94. The molecule has 1 aliphatic rings. The van der Waals surface area contributed by atoms with Gasteiger partial charge in [0.15, 0.2) is 0 Å². The zero-order valence-electron chi connectivity index (χ0n) is 10.9. The average molecular weight is 263 g/mol. The maximum Gasteiger partial charge on any atom is 0.214 e. The van der Waals surface area contributed by atoms with E-state index in [9.17, 15) is 8.42 Å². The van der Waals surface area contributed by atoms with Crippen LogP contribution in [0.15, 0.2) is 0 Å². The molecular formula is C11H25N3O2S. The van der Waals surface area contributed by atoms with E-state index in [-0.39, 0.29) is 5.25 Å². The second kappa shape index (κ2) is 7.31. The highest BCUT2D eigenvalue weighted by molar-refractivity contribution is 7.90. The van der Waals surface area contributed by atoms with Crippen LogP contribution in [0.5, 0.6) is 0 Å². The summed E-state index contributed by atoms with van der Waals surface area (Å²) in [6.45, 7) is 3.20. The van der Waals surface area contributed by atoms with E-state index in [0.717, 1.165) is 45.3 Å². The van der Waals surface area contributed by atoms with Crippen molar-refractivity contribution in [2.24, 2.45) is 0 Å². The molecular weight excluding hydrogens is 238 g/mol. The van der Waals surface area contributed by atoms with Gasteiger partial charge in [0.25, 0.3) is 0 Å². The van der Waals surface area contributed by atoms with E-state index in [0.29, 0.717) is 6.54 Å². The van der Waals surface area contributed by atoms with Crippen LogP contribution in [0, 0.1) is 0 Å². The van der Waals surface area contributed by atoms with Crippen LogP contribution in [0.25, 0.3) is 0 Å². The highest BCUT2D eigenvalue weighted by Crippen LogP contribution is 2.11. The van der Waals surface area contributed by atoms with Gasteiger partial charge in [-0.3, -0.25) is 0 Å². The van der Waals surface area contributed by atoms with E-state index in [1.54, 1.807) is 0 Å². The minimum absolute atomic E-state index is 0.197. The van der Waals surface area contributed by atoms with Gasteiger partial charge in [0.05, 0.1) is 5.25 Å². The molecule has 0 spiro atoms. The normalized spacial score (nSPS) is 18.8. The van der Waals surface area contributed by atoms with Gasteiger partial charge in [0, 0.05) is 6.54 Å². The average Bonchev–Trinajstić information content (AvgIpc) is 2.29. The Bertz CT molecular complexity index is 298. The molecule has 1 saturated heterocycles. The summed E-state index contributed by atoms with van der Waals surface area (Å²) in [5.74, 6) is 0. The van der Waals surface area contributed by atoms with Crippen molar-refractivity contribution in [1.29, 1.82) is 0 Å². The minimum atomic E-state index is -3.09. The highest BCUT2D eigenvalue weighted by Gasteiger charge is 2.26. The molecule has 5 nitrogen and oxygen atoms in total. The van der Waals surface area contributed by atoms with Gasteiger partial charge < -0.3 is 10.2 Å². The molecule has 0 saturated carbocycles. The summed E-state index contributed by atoms with van der Waals surface area (Å²) in [5, 5.41) is 2.98. The van der Waals surface area contributed by atoms with E-state index in [4.69, 9.17) is 0 Å². The van der Waals surface area contributed by atoms with Gasteiger partial charge >= 0.3 is 0 Å². The van der Waals surface area contributed by atoms with Crippen molar-refractivity contribution in [3.05, 3.63) is 0 Å². The number of hydrogen-bond donors (Lipinski definition) is 2. The van der Waals surface area contributed by atoms with Crippen LogP contribution in [0.1, 0.15) is 25.7 Å². The topological polar surface area (TPSA) is 61.4 Å². The molecule has 1 aliphatic heterocycles. The third-order valence-corrected chi connectivity index (χ3v) is 5.02. The maximum atomic E-state index is 11.9. The molecule has 0 amide bonds. The largest absolute Gasteiger partial charge is 0.317 e. The Labute approximate surface area is 105 Å². The van der Waals surface area contributed by atoms with E-state index < -0.39 is 10.0 Å². The Morgan fingerprint density at radius 1 is 1.24 bits per heavy atom. The quantitative estimate of drug-likeness (QED) is 0.635. The zero-order chi connectivity index (χ0) is 12.7. The Kier molecular flexibility index (Phi) is 6.40. The molecule has 17 heavy (non-hydrogen) atoms. The molecule has 0 aromatic rings. The van der Waals surface area contributed by atoms with Crippen molar-refractivity contribution < 1.29 is 8.42 Å². The lowest BCUT2D eigenvalue weighted by molar-refractivity contribution is 0.394. The first kappa shape index (κ1) is 14.9. The Morgan fingerprint density at radius 3 is 2.47 bits per heavy atom. The zero-order valence-corrected chi connectivity index (χ0v) is 11.7. The Morgan fingerprint density at radius 2 is 1.88 bits per heavy atom. The molecule has 0 atom stereocenters.